The minimum atomic E-state index is 0.373. The Balaban J connectivity index is 0.904. The van der Waals surface area contributed by atoms with Crippen molar-refractivity contribution in [3.8, 4) is 136 Å². The standard InChI is InChI=1S/C90H54N8/c1-93-83-35-17-16-34-74(83)78-55-72(98-86-46-38-67(61-25-10-4-11-26-61)52-81(86)82-53-68(39-47-87(82)98)62-27-12-5-13-28-62)41-43-76(78)90-95-88(69-32-19-31-64(49-69)63-30-18-20-58(48-63)56-91)94-89(96-90)75-42-40-71(54-77(75)73-33-15-14-29-70(73)57-92)97-84-44-36-65(59-21-6-2-7-22-59)50-79(84)80-51-66(37-45-85(80)97)60-23-8-3-9-24-60/h2-55H. The van der Waals surface area contributed by atoms with Crippen LogP contribution in [0.15, 0.2) is 328 Å². The number of hydrogen-bond donors (Lipinski definition) is 0. The Morgan fingerprint density at radius 3 is 1.08 bits per heavy atom. The molecule has 0 N–H and O–H groups in total. The maximum Gasteiger partial charge on any atom is 0.194 e. The van der Waals surface area contributed by atoms with Crippen LogP contribution in [0.3, 0.4) is 0 Å². The zero-order valence-corrected chi connectivity index (χ0v) is 52.8. The first-order valence-corrected chi connectivity index (χ1v) is 32.4. The van der Waals surface area contributed by atoms with Crippen molar-refractivity contribution in [1.29, 1.82) is 10.5 Å². The van der Waals surface area contributed by atoms with Crippen molar-refractivity contribution in [2.24, 2.45) is 0 Å². The fourth-order valence-electron chi connectivity index (χ4n) is 14.0. The normalized spacial score (nSPS) is 11.2. The second-order valence-corrected chi connectivity index (χ2v) is 24.4. The van der Waals surface area contributed by atoms with E-state index < -0.39 is 0 Å². The van der Waals surface area contributed by atoms with Gasteiger partial charge in [-0.1, -0.05) is 218 Å². The number of nitrogens with zero attached hydrogens (tertiary/aromatic N) is 8. The van der Waals surface area contributed by atoms with Crippen LogP contribution in [-0.2, 0) is 0 Å². The molecule has 0 bridgehead atoms. The summed E-state index contributed by atoms with van der Waals surface area (Å²) in [6, 6.07) is 117. The highest BCUT2D eigenvalue weighted by atomic mass is 15.0. The van der Waals surface area contributed by atoms with Gasteiger partial charge < -0.3 is 9.13 Å². The summed E-state index contributed by atoms with van der Waals surface area (Å²) in [5.74, 6) is 1.15. The summed E-state index contributed by atoms with van der Waals surface area (Å²) >= 11 is 0. The number of para-hydroxylation sites is 1. The van der Waals surface area contributed by atoms with Crippen LogP contribution in [0.1, 0.15) is 11.1 Å². The third kappa shape index (κ3) is 10.4. The second-order valence-electron chi connectivity index (χ2n) is 24.4. The van der Waals surface area contributed by atoms with Gasteiger partial charge in [0, 0.05) is 55.2 Å². The molecule has 0 spiro atoms. The second kappa shape index (κ2) is 24.6. The van der Waals surface area contributed by atoms with Gasteiger partial charge in [0.1, 0.15) is 0 Å². The van der Waals surface area contributed by atoms with Crippen molar-refractivity contribution >= 4 is 49.3 Å². The van der Waals surface area contributed by atoms with E-state index in [1.54, 1.807) is 6.07 Å². The molecule has 0 unspecified atom stereocenters. The van der Waals surface area contributed by atoms with Crippen LogP contribution < -0.4 is 0 Å². The van der Waals surface area contributed by atoms with E-state index in [4.69, 9.17) is 21.5 Å². The Labute approximate surface area is 566 Å². The lowest BCUT2D eigenvalue weighted by Gasteiger charge is -2.18. The van der Waals surface area contributed by atoms with Crippen molar-refractivity contribution in [2.45, 2.75) is 0 Å². The number of benzene rings is 14. The van der Waals surface area contributed by atoms with Gasteiger partial charge in [-0.3, -0.25) is 0 Å². The molecule has 0 aliphatic heterocycles. The molecule has 17 rings (SSSR count). The van der Waals surface area contributed by atoms with Crippen molar-refractivity contribution in [2.75, 3.05) is 0 Å². The van der Waals surface area contributed by atoms with Crippen LogP contribution in [0, 0.1) is 29.2 Å². The predicted octanol–water partition coefficient (Wildman–Crippen LogP) is 23.0. The molecule has 0 aliphatic rings. The van der Waals surface area contributed by atoms with E-state index in [9.17, 15) is 10.5 Å². The molecular formula is C90H54N8. The third-order valence-corrected chi connectivity index (χ3v) is 18.7. The van der Waals surface area contributed by atoms with Crippen molar-refractivity contribution in [3.63, 3.8) is 0 Å². The van der Waals surface area contributed by atoms with E-state index in [2.05, 4.69) is 238 Å². The van der Waals surface area contributed by atoms with Crippen molar-refractivity contribution in [1.82, 2.24) is 24.1 Å². The zero-order valence-electron chi connectivity index (χ0n) is 52.8. The molecule has 17 aromatic rings. The van der Waals surface area contributed by atoms with Gasteiger partial charge in [-0.2, -0.15) is 10.5 Å². The monoisotopic (exact) mass is 1250 g/mol. The van der Waals surface area contributed by atoms with E-state index in [1.807, 2.05) is 109 Å². The van der Waals surface area contributed by atoms with Gasteiger partial charge >= 0.3 is 0 Å². The van der Waals surface area contributed by atoms with Crippen molar-refractivity contribution < 1.29 is 0 Å². The lowest BCUT2D eigenvalue weighted by Crippen LogP contribution is -2.04. The highest BCUT2D eigenvalue weighted by Crippen LogP contribution is 2.45. The average Bonchev–Trinajstić information content (AvgIpc) is 1.56. The highest BCUT2D eigenvalue weighted by Gasteiger charge is 2.25. The van der Waals surface area contributed by atoms with E-state index in [0.29, 0.717) is 56.5 Å². The molecule has 98 heavy (non-hydrogen) atoms. The fourth-order valence-corrected chi connectivity index (χ4v) is 14.0. The Kier molecular flexibility index (Phi) is 14.5. The Morgan fingerprint density at radius 1 is 0.265 bits per heavy atom. The first-order valence-electron chi connectivity index (χ1n) is 32.4. The molecule has 0 saturated heterocycles. The molecule has 8 heteroatoms. The molecule has 14 aromatic carbocycles. The summed E-state index contributed by atoms with van der Waals surface area (Å²) in [6.07, 6.45) is 0. The maximum absolute atomic E-state index is 11.0. The molecule has 0 atom stereocenters. The van der Waals surface area contributed by atoms with E-state index in [1.165, 1.54) is 0 Å². The number of fused-ring (bicyclic) bond motifs is 6. The maximum atomic E-state index is 11.0. The molecule has 3 aromatic heterocycles. The van der Waals surface area contributed by atoms with E-state index in [-0.39, 0.29) is 0 Å². The summed E-state index contributed by atoms with van der Waals surface area (Å²) in [5, 5.41) is 25.4. The summed E-state index contributed by atoms with van der Waals surface area (Å²) < 4.78 is 4.64. The predicted molar refractivity (Wildman–Crippen MR) is 399 cm³/mol. The molecule has 0 saturated carbocycles. The zero-order chi connectivity index (χ0) is 65.6. The molecule has 0 amide bonds. The van der Waals surface area contributed by atoms with Gasteiger partial charge in [0.15, 0.2) is 23.2 Å². The van der Waals surface area contributed by atoms with Crippen LogP contribution in [0.4, 0.5) is 5.69 Å². The molecule has 8 nitrogen and oxygen atoms in total. The summed E-state index contributed by atoms with van der Waals surface area (Å²) in [5.41, 5.74) is 23.1. The van der Waals surface area contributed by atoms with Crippen molar-refractivity contribution in [3.05, 3.63) is 350 Å². The van der Waals surface area contributed by atoms with Gasteiger partial charge in [0.25, 0.3) is 0 Å². The topological polar surface area (TPSA) is 100 Å². The van der Waals surface area contributed by atoms with Crippen LogP contribution in [0.2, 0.25) is 0 Å². The Hall–Kier alpha value is -13.8. The van der Waals surface area contributed by atoms with Gasteiger partial charge in [-0.15, -0.1) is 0 Å². The number of rotatable bonds is 12. The van der Waals surface area contributed by atoms with Gasteiger partial charge in [0.2, 0.25) is 0 Å². The average molecular weight is 1250 g/mol. The van der Waals surface area contributed by atoms with Gasteiger partial charge in [-0.05, 0) is 182 Å². The number of hydrogen-bond acceptors (Lipinski definition) is 5. The van der Waals surface area contributed by atoms with Gasteiger partial charge in [-0.25, -0.2) is 19.8 Å². The SMILES string of the molecule is [C-]#[N+]c1ccccc1-c1cc(-n2c3ccc(-c4ccccc4)cc3c3cc(-c4ccccc4)ccc32)ccc1-c1nc(-c2cccc(-c3cccc(C#N)c3)c2)nc(-c2ccc(-n3c4ccc(-c5ccccc5)cc4c4cc(-c5ccccc5)ccc43)cc2-c2ccccc2C#N)n1. The fraction of sp³-hybridized carbons (Fsp3) is 0. The Morgan fingerprint density at radius 2 is 0.633 bits per heavy atom. The van der Waals surface area contributed by atoms with E-state index in [0.717, 1.165) is 127 Å². The first-order chi connectivity index (χ1) is 48.4. The molecule has 3 heterocycles. The highest BCUT2D eigenvalue weighted by molar-refractivity contribution is 6.13. The lowest BCUT2D eigenvalue weighted by atomic mass is 9.94. The first kappa shape index (κ1) is 58.0. The summed E-state index contributed by atoms with van der Waals surface area (Å²) in [6.45, 7) is 8.63. The van der Waals surface area contributed by atoms with Crippen LogP contribution in [0.25, 0.3) is 172 Å². The smallest absolute Gasteiger partial charge is 0.194 e. The molecule has 0 fully saturated rings. The van der Waals surface area contributed by atoms with Crippen LogP contribution >= 0.6 is 0 Å². The summed E-state index contributed by atoms with van der Waals surface area (Å²) in [4.78, 5) is 20.7. The minimum Gasteiger partial charge on any atom is -0.309 e. The number of aromatic nitrogens is 5. The Bertz CT molecular complexity index is 5630. The van der Waals surface area contributed by atoms with Crippen LogP contribution in [-0.4, -0.2) is 24.1 Å². The lowest BCUT2D eigenvalue weighted by molar-refractivity contribution is 1.07. The summed E-state index contributed by atoms with van der Waals surface area (Å²) in [7, 11) is 0. The van der Waals surface area contributed by atoms with Gasteiger partial charge in [0.05, 0.1) is 51.9 Å². The minimum absolute atomic E-state index is 0.373. The largest absolute Gasteiger partial charge is 0.309 e. The number of nitriles is 2. The molecule has 454 valence electrons. The molecule has 0 aliphatic carbocycles. The molecule has 0 radical (unpaired) electrons. The molecular weight excluding hydrogens is 1190 g/mol. The third-order valence-electron chi connectivity index (χ3n) is 18.7. The quantitative estimate of drug-likeness (QED) is 0.113. The van der Waals surface area contributed by atoms with Crippen LogP contribution in [0.5, 0.6) is 0 Å². The van der Waals surface area contributed by atoms with E-state index >= 15 is 0 Å².